The maximum Gasteiger partial charge on any atom is 0.257 e. The highest BCUT2D eigenvalue weighted by atomic mass is 35.5. The van der Waals surface area contributed by atoms with E-state index in [1.54, 1.807) is 4.90 Å². The van der Waals surface area contributed by atoms with Gasteiger partial charge in [-0.05, 0) is 62.7 Å². The molecular formula is C21H26ClFN2O3. The Morgan fingerprint density at radius 2 is 1.75 bits per heavy atom. The van der Waals surface area contributed by atoms with Gasteiger partial charge in [-0.15, -0.1) is 12.4 Å². The van der Waals surface area contributed by atoms with Gasteiger partial charge in [0.1, 0.15) is 17.3 Å². The number of nitrogens with two attached hydrogens (primary N) is 1. The van der Waals surface area contributed by atoms with Crippen LogP contribution in [-0.2, 0) is 11.2 Å². The summed E-state index contributed by atoms with van der Waals surface area (Å²) < 4.78 is 25.7. The number of carbonyl (C=O) groups is 1. The molecule has 1 aliphatic rings. The number of halogens is 2. The van der Waals surface area contributed by atoms with Crippen LogP contribution in [0.5, 0.6) is 11.5 Å². The largest absolute Gasteiger partial charge is 0.457 e. The molecule has 1 heterocycles. The van der Waals surface area contributed by atoms with Crippen molar-refractivity contribution in [2.45, 2.75) is 32.5 Å². The minimum absolute atomic E-state index is 0. The van der Waals surface area contributed by atoms with Crippen LogP contribution >= 0.6 is 12.4 Å². The Kier molecular flexibility index (Phi) is 7.80. The van der Waals surface area contributed by atoms with E-state index in [0.717, 1.165) is 12.0 Å². The van der Waals surface area contributed by atoms with Crippen molar-refractivity contribution < 1.29 is 18.7 Å². The predicted molar refractivity (Wildman–Crippen MR) is 109 cm³/mol. The lowest BCUT2D eigenvalue weighted by Gasteiger charge is -2.35. The Bertz CT molecular complexity index is 791. The fourth-order valence-corrected chi connectivity index (χ4v) is 3.27. The van der Waals surface area contributed by atoms with Crippen molar-refractivity contribution in [3.63, 3.8) is 0 Å². The zero-order valence-corrected chi connectivity index (χ0v) is 16.9. The summed E-state index contributed by atoms with van der Waals surface area (Å²) in [4.78, 5) is 14.4. The zero-order chi connectivity index (χ0) is 19.4. The van der Waals surface area contributed by atoms with Crippen LogP contribution in [0, 0.1) is 5.82 Å². The van der Waals surface area contributed by atoms with Crippen molar-refractivity contribution in [1.82, 2.24) is 4.90 Å². The topological polar surface area (TPSA) is 64.8 Å². The van der Waals surface area contributed by atoms with Gasteiger partial charge in [-0.25, -0.2) is 4.39 Å². The first-order valence-electron chi connectivity index (χ1n) is 9.17. The molecule has 0 aromatic heterocycles. The predicted octanol–water partition coefficient (Wildman–Crippen LogP) is 3.79. The van der Waals surface area contributed by atoms with Gasteiger partial charge in [-0.3, -0.25) is 4.79 Å². The number of amides is 1. The highest BCUT2D eigenvalue weighted by molar-refractivity contribution is 5.95. The maximum atomic E-state index is 14.3. The van der Waals surface area contributed by atoms with Gasteiger partial charge in [0, 0.05) is 13.1 Å². The second-order valence-corrected chi connectivity index (χ2v) is 6.89. The molecule has 2 aromatic carbocycles. The molecule has 0 saturated carbocycles. The molecule has 28 heavy (non-hydrogen) atoms. The van der Waals surface area contributed by atoms with E-state index < -0.39 is 5.82 Å². The molecule has 1 amide bonds. The molecule has 0 unspecified atom stereocenters. The van der Waals surface area contributed by atoms with Gasteiger partial charge in [0.05, 0.1) is 17.8 Å². The number of ether oxygens (including phenoxy) is 2. The first-order chi connectivity index (χ1) is 13.0. The van der Waals surface area contributed by atoms with Gasteiger partial charge in [-0.2, -0.15) is 0 Å². The Hall–Kier alpha value is -2.15. The van der Waals surface area contributed by atoms with Crippen molar-refractivity contribution in [1.29, 1.82) is 0 Å². The van der Waals surface area contributed by atoms with E-state index in [-0.39, 0.29) is 36.1 Å². The molecule has 0 spiro atoms. The van der Waals surface area contributed by atoms with E-state index in [0.29, 0.717) is 31.1 Å². The molecule has 3 rings (SSSR count). The zero-order valence-electron chi connectivity index (χ0n) is 16.1. The number of rotatable bonds is 5. The summed E-state index contributed by atoms with van der Waals surface area (Å²) in [6.45, 7) is 5.27. The molecule has 1 fully saturated rings. The van der Waals surface area contributed by atoms with E-state index >= 15 is 0 Å². The van der Waals surface area contributed by atoms with Crippen molar-refractivity contribution in [2.75, 3.05) is 19.6 Å². The average molecular weight is 409 g/mol. The van der Waals surface area contributed by atoms with E-state index in [1.165, 1.54) is 18.2 Å². The van der Waals surface area contributed by atoms with Gasteiger partial charge in [0.15, 0.2) is 0 Å². The molecule has 7 heteroatoms. The first-order valence-corrected chi connectivity index (χ1v) is 9.17. The molecule has 2 atom stereocenters. The smallest absolute Gasteiger partial charge is 0.257 e. The Morgan fingerprint density at radius 3 is 2.36 bits per heavy atom. The molecule has 1 saturated heterocycles. The third-order valence-electron chi connectivity index (χ3n) is 4.47. The second kappa shape index (κ2) is 9.87. The molecule has 0 radical (unpaired) electrons. The summed E-state index contributed by atoms with van der Waals surface area (Å²) in [6, 6.07) is 11.8. The van der Waals surface area contributed by atoms with Crippen LogP contribution in [0.4, 0.5) is 4.39 Å². The summed E-state index contributed by atoms with van der Waals surface area (Å²) in [5.41, 5.74) is 6.68. The normalized spacial score (nSPS) is 19.1. The standard InChI is InChI=1S/C21H25FN2O3.ClH/c1-14-12-24(13-15(2)26-14)21(25)19-11-18(7-8-20(19)22)27-17-5-3-16(4-6-17)9-10-23;/h3-8,11,14-15H,9-10,12-13,23H2,1-2H3;1H/t14-,15+;. The lowest BCUT2D eigenvalue weighted by molar-refractivity contribution is -0.0587. The van der Waals surface area contributed by atoms with Crippen LogP contribution in [-0.4, -0.2) is 42.6 Å². The summed E-state index contributed by atoms with van der Waals surface area (Å²) in [6.07, 6.45) is 0.644. The van der Waals surface area contributed by atoms with Crippen molar-refractivity contribution in [3.05, 3.63) is 59.4 Å². The first kappa shape index (κ1) is 22.1. The Labute approximate surface area is 171 Å². The van der Waals surface area contributed by atoms with Gasteiger partial charge < -0.3 is 20.1 Å². The molecule has 5 nitrogen and oxygen atoms in total. The van der Waals surface area contributed by atoms with Crippen LogP contribution in [0.25, 0.3) is 0 Å². The molecule has 0 bridgehead atoms. The van der Waals surface area contributed by atoms with E-state index in [4.69, 9.17) is 15.2 Å². The molecular weight excluding hydrogens is 383 g/mol. The number of carbonyl (C=O) groups excluding carboxylic acids is 1. The number of hydrogen-bond acceptors (Lipinski definition) is 4. The highest BCUT2D eigenvalue weighted by Crippen LogP contribution is 2.25. The summed E-state index contributed by atoms with van der Waals surface area (Å²) in [5, 5.41) is 0. The monoisotopic (exact) mass is 408 g/mol. The fourth-order valence-electron chi connectivity index (χ4n) is 3.27. The summed E-state index contributed by atoms with van der Waals surface area (Å²) in [5.74, 6) is 0.130. The molecule has 2 N–H and O–H groups in total. The van der Waals surface area contributed by atoms with Crippen molar-refractivity contribution in [3.8, 4) is 11.5 Å². The second-order valence-electron chi connectivity index (χ2n) is 6.89. The lowest BCUT2D eigenvalue weighted by atomic mass is 10.1. The quantitative estimate of drug-likeness (QED) is 0.817. The third kappa shape index (κ3) is 5.44. The van der Waals surface area contributed by atoms with Crippen LogP contribution < -0.4 is 10.5 Å². The summed E-state index contributed by atoms with van der Waals surface area (Å²) in [7, 11) is 0. The molecule has 1 aliphatic heterocycles. The van der Waals surface area contributed by atoms with Crippen molar-refractivity contribution in [2.24, 2.45) is 5.73 Å². The number of morpholine rings is 1. The van der Waals surface area contributed by atoms with Crippen LogP contribution in [0.1, 0.15) is 29.8 Å². The van der Waals surface area contributed by atoms with Gasteiger partial charge in [0.25, 0.3) is 5.91 Å². The minimum Gasteiger partial charge on any atom is -0.457 e. The summed E-state index contributed by atoms with van der Waals surface area (Å²) >= 11 is 0. The molecule has 152 valence electrons. The Morgan fingerprint density at radius 1 is 1.14 bits per heavy atom. The van der Waals surface area contributed by atoms with Crippen LogP contribution in [0.15, 0.2) is 42.5 Å². The number of hydrogen-bond donors (Lipinski definition) is 1. The van der Waals surface area contributed by atoms with Crippen LogP contribution in [0.3, 0.4) is 0 Å². The maximum absolute atomic E-state index is 14.3. The third-order valence-corrected chi connectivity index (χ3v) is 4.47. The number of nitrogens with zero attached hydrogens (tertiary/aromatic N) is 1. The Balaban J connectivity index is 0.00000280. The van der Waals surface area contributed by atoms with Crippen LogP contribution in [0.2, 0.25) is 0 Å². The van der Waals surface area contributed by atoms with Gasteiger partial charge >= 0.3 is 0 Å². The average Bonchev–Trinajstić information content (AvgIpc) is 2.64. The number of benzene rings is 2. The molecule has 0 aliphatic carbocycles. The van der Waals surface area contributed by atoms with Crippen molar-refractivity contribution >= 4 is 18.3 Å². The molecule has 2 aromatic rings. The van der Waals surface area contributed by atoms with E-state index in [2.05, 4.69) is 0 Å². The minimum atomic E-state index is -0.558. The van der Waals surface area contributed by atoms with E-state index in [9.17, 15) is 9.18 Å². The SMILES string of the molecule is C[C@@H]1CN(C(=O)c2cc(Oc3ccc(CCN)cc3)ccc2F)C[C@H](C)O1.Cl. The van der Waals surface area contributed by atoms with E-state index in [1.807, 2.05) is 38.1 Å². The van der Waals surface area contributed by atoms with Gasteiger partial charge in [0.2, 0.25) is 0 Å². The lowest BCUT2D eigenvalue weighted by Crippen LogP contribution is -2.48. The highest BCUT2D eigenvalue weighted by Gasteiger charge is 2.28. The fraction of sp³-hybridized carbons (Fsp3) is 0.381. The van der Waals surface area contributed by atoms with Gasteiger partial charge in [-0.1, -0.05) is 12.1 Å².